The quantitative estimate of drug-likeness (QED) is 0.724. The largest absolute Gasteiger partial charge is 0.341 e. The minimum Gasteiger partial charge on any atom is -0.341 e. The Morgan fingerprint density at radius 3 is 2.79 bits per heavy atom. The molecule has 4 heterocycles. The number of rotatable bonds is 4. The lowest BCUT2D eigenvalue weighted by molar-refractivity contribution is 0.458. The van der Waals surface area contributed by atoms with Gasteiger partial charge in [0, 0.05) is 52.0 Å². The van der Waals surface area contributed by atoms with Gasteiger partial charge in [0.2, 0.25) is 5.95 Å². The van der Waals surface area contributed by atoms with E-state index in [1.807, 2.05) is 13.2 Å². The molecule has 1 saturated carbocycles. The molecule has 3 aromatic heterocycles. The van der Waals surface area contributed by atoms with Gasteiger partial charge in [0.15, 0.2) is 11.2 Å². The van der Waals surface area contributed by atoms with Gasteiger partial charge in [0.05, 0.1) is 0 Å². The molecule has 2 aliphatic rings. The van der Waals surface area contributed by atoms with Crippen LogP contribution in [0.2, 0.25) is 0 Å². The Bertz CT molecular complexity index is 1150. The highest BCUT2D eigenvalue weighted by atomic mass is 16.2. The van der Waals surface area contributed by atoms with Crippen LogP contribution in [0.25, 0.3) is 11.2 Å². The van der Waals surface area contributed by atoms with Gasteiger partial charge < -0.3 is 14.0 Å². The maximum atomic E-state index is 12.3. The molecule has 28 heavy (non-hydrogen) atoms. The normalized spacial score (nSPS) is 20.2. The van der Waals surface area contributed by atoms with Crippen molar-refractivity contribution in [2.75, 3.05) is 18.0 Å². The van der Waals surface area contributed by atoms with Crippen molar-refractivity contribution in [2.24, 2.45) is 20.0 Å². The molecule has 9 nitrogen and oxygen atoms in total. The van der Waals surface area contributed by atoms with E-state index in [9.17, 15) is 9.59 Å². The van der Waals surface area contributed by atoms with Crippen LogP contribution in [-0.2, 0) is 20.6 Å². The van der Waals surface area contributed by atoms with Gasteiger partial charge in [0.1, 0.15) is 5.82 Å². The molecule has 1 aliphatic carbocycles. The summed E-state index contributed by atoms with van der Waals surface area (Å²) in [5.41, 5.74) is 0.00623. The Morgan fingerprint density at radius 2 is 2.00 bits per heavy atom. The zero-order valence-corrected chi connectivity index (χ0v) is 16.3. The van der Waals surface area contributed by atoms with Gasteiger partial charge in [-0.15, -0.1) is 0 Å². The Morgan fingerprint density at radius 1 is 1.18 bits per heavy atom. The average molecular weight is 383 g/mol. The van der Waals surface area contributed by atoms with Crippen LogP contribution in [0.1, 0.15) is 37.4 Å². The molecule has 1 N–H and O–H groups in total. The average Bonchev–Trinajstić information content (AvgIpc) is 3.25. The van der Waals surface area contributed by atoms with E-state index in [1.54, 1.807) is 11.6 Å². The highest BCUT2D eigenvalue weighted by Crippen LogP contribution is 2.34. The molecule has 3 aromatic rings. The monoisotopic (exact) mass is 383 g/mol. The highest BCUT2D eigenvalue weighted by Gasteiger charge is 2.30. The first-order chi connectivity index (χ1) is 13.5. The van der Waals surface area contributed by atoms with Gasteiger partial charge in [0.25, 0.3) is 5.56 Å². The van der Waals surface area contributed by atoms with Crippen molar-refractivity contribution in [3.05, 3.63) is 39.1 Å². The van der Waals surface area contributed by atoms with Crippen molar-refractivity contribution in [1.29, 1.82) is 0 Å². The smallest absolute Gasteiger partial charge is 0.329 e. The maximum Gasteiger partial charge on any atom is 0.329 e. The summed E-state index contributed by atoms with van der Waals surface area (Å²) in [5, 5.41) is 0. The Balaban J connectivity index is 1.49. The lowest BCUT2D eigenvalue weighted by atomic mass is 9.97. The molecule has 1 atom stereocenters. The van der Waals surface area contributed by atoms with Crippen molar-refractivity contribution in [2.45, 2.75) is 38.1 Å². The number of imidazole rings is 2. The van der Waals surface area contributed by atoms with Crippen LogP contribution in [0.15, 0.2) is 22.0 Å². The van der Waals surface area contributed by atoms with Gasteiger partial charge >= 0.3 is 5.69 Å². The predicted molar refractivity (Wildman–Crippen MR) is 106 cm³/mol. The number of hydrogen-bond acceptors (Lipinski definition) is 5. The first kappa shape index (κ1) is 17.3. The number of aromatic nitrogens is 6. The fourth-order valence-electron chi connectivity index (χ4n) is 4.36. The topological polar surface area (TPSA) is 93.7 Å². The van der Waals surface area contributed by atoms with E-state index >= 15 is 0 Å². The molecule has 1 aliphatic heterocycles. The molecule has 0 unspecified atom stereocenters. The van der Waals surface area contributed by atoms with Crippen LogP contribution in [0.4, 0.5) is 5.95 Å². The first-order valence-electron chi connectivity index (χ1n) is 9.94. The summed E-state index contributed by atoms with van der Waals surface area (Å²) in [7, 11) is 3.47. The number of piperidine rings is 1. The third-order valence-corrected chi connectivity index (χ3v) is 6.08. The molecule has 0 radical (unpaired) electrons. The van der Waals surface area contributed by atoms with Gasteiger partial charge in [-0.1, -0.05) is 0 Å². The van der Waals surface area contributed by atoms with E-state index in [4.69, 9.17) is 0 Å². The van der Waals surface area contributed by atoms with E-state index in [0.717, 1.165) is 50.2 Å². The van der Waals surface area contributed by atoms with Crippen LogP contribution in [-0.4, -0.2) is 41.7 Å². The predicted octanol–water partition coefficient (Wildman–Crippen LogP) is 0.951. The van der Waals surface area contributed by atoms with E-state index in [0.29, 0.717) is 17.1 Å². The zero-order chi connectivity index (χ0) is 19.4. The molecule has 0 amide bonds. The highest BCUT2D eigenvalue weighted by molar-refractivity contribution is 5.74. The zero-order valence-electron chi connectivity index (χ0n) is 16.3. The third kappa shape index (κ3) is 2.76. The second-order valence-electron chi connectivity index (χ2n) is 8.13. The summed E-state index contributed by atoms with van der Waals surface area (Å²) in [5.74, 6) is 3.03. The van der Waals surface area contributed by atoms with E-state index in [1.165, 1.54) is 17.4 Å². The molecule has 1 saturated heterocycles. The van der Waals surface area contributed by atoms with Crippen molar-refractivity contribution >= 4 is 17.1 Å². The number of nitrogens with one attached hydrogen (secondary N) is 1. The molecular weight excluding hydrogens is 358 g/mol. The summed E-state index contributed by atoms with van der Waals surface area (Å²) in [6.45, 7) is 2.75. The Kier molecular flexibility index (Phi) is 3.92. The Hall–Kier alpha value is -2.84. The molecular formula is C19H25N7O2. The summed E-state index contributed by atoms with van der Waals surface area (Å²) in [6.07, 6.45) is 8.78. The molecule has 148 valence electrons. The first-order valence-corrected chi connectivity index (χ1v) is 9.94. The molecule has 0 bridgehead atoms. The van der Waals surface area contributed by atoms with Gasteiger partial charge in [-0.05, 0) is 31.6 Å². The second-order valence-corrected chi connectivity index (χ2v) is 8.13. The van der Waals surface area contributed by atoms with Crippen LogP contribution in [0.3, 0.4) is 0 Å². The van der Waals surface area contributed by atoms with Gasteiger partial charge in [-0.3, -0.25) is 14.3 Å². The molecule has 9 heteroatoms. The van der Waals surface area contributed by atoms with Crippen LogP contribution in [0.5, 0.6) is 0 Å². The fourth-order valence-corrected chi connectivity index (χ4v) is 4.36. The van der Waals surface area contributed by atoms with Crippen LogP contribution in [0, 0.1) is 5.92 Å². The lowest BCUT2D eigenvalue weighted by Gasteiger charge is -2.33. The maximum absolute atomic E-state index is 12.3. The number of hydrogen-bond donors (Lipinski definition) is 1. The fraction of sp³-hybridized carbons (Fsp3) is 0.579. The van der Waals surface area contributed by atoms with Crippen LogP contribution < -0.4 is 16.1 Å². The van der Waals surface area contributed by atoms with Crippen LogP contribution >= 0.6 is 0 Å². The number of nitrogens with zero attached hydrogens (tertiary/aromatic N) is 6. The van der Waals surface area contributed by atoms with Crippen molar-refractivity contribution < 1.29 is 0 Å². The van der Waals surface area contributed by atoms with E-state index < -0.39 is 11.2 Å². The second kappa shape index (κ2) is 6.35. The molecule has 0 spiro atoms. The lowest BCUT2D eigenvalue weighted by Crippen LogP contribution is -2.37. The summed E-state index contributed by atoms with van der Waals surface area (Å²) in [4.78, 5) is 38.1. The Labute approximate surface area is 161 Å². The minimum absolute atomic E-state index is 0.337. The third-order valence-electron chi connectivity index (χ3n) is 6.08. The number of fused-ring (bicyclic) bond motifs is 1. The number of H-pyrrole nitrogens is 1. The molecule has 5 rings (SSSR count). The standard InChI is InChI=1S/C19H25N7O2/c1-23-14-16(24(2)19(28)22-17(14)27)21-18(23)26-8-3-4-13(11-26)15-20-7-9-25(15)10-12-5-6-12/h7,9,12-13H,3-6,8,10-11H2,1-2H3,(H,22,27,28)/t13-/m0/s1. The minimum atomic E-state index is -0.444. The SMILES string of the molecule is Cn1c(N2CCC[C@H](c3nccn3CC3CC3)C2)nc2c1c(=O)[nH]c(=O)n2C. The number of anilines is 1. The van der Waals surface area contributed by atoms with E-state index in [-0.39, 0.29) is 0 Å². The van der Waals surface area contributed by atoms with Crippen molar-refractivity contribution in [3.8, 4) is 0 Å². The number of aryl methyl sites for hydroxylation is 2. The summed E-state index contributed by atoms with van der Waals surface area (Å²) >= 11 is 0. The van der Waals surface area contributed by atoms with Gasteiger partial charge in [-0.2, -0.15) is 4.98 Å². The molecule has 0 aromatic carbocycles. The summed E-state index contributed by atoms with van der Waals surface area (Å²) in [6, 6.07) is 0. The van der Waals surface area contributed by atoms with E-state index in [2.05, 4.69) is 30.6 Å². The molecule has 2 fully saturated rings. The van der Waals surface area contributed by atoms with Crippen molar-refractivity contribution in [1.82, 2.24) is 28.7 Å². The van der Waals surface area contributed by atoms with Crippen molar-refractivity contribution in [3.63, 3.8) is 0 Å². The number of aromatic amines is 1. The summed E-state index contributed by atoms with van der Waals surface area (Å²) < 4.78 is 5.51. The van der Waals surface area contributed by atoms with Gasteiger partial charge in [-0.25, -0.2) is 9.78 Å².